The third-order valence-corrected chi connectivity index (χ3v) is 5.44. The molecule has 0 bridgehead atoms. The highest BCUT2D eigenvalue weighted by Crippen LogP contribution is 2.28. The summed E-state index contributed by atoms with van der Waals surface area (Å²) in [5.41, 5.74) is 0. The largest absolute Gasteiger partial charge is 0.300 e. The molecule has 0 amide bonds. The summed E-state index contributed by atoms with van der Waals surface area (Å²) >= 11 is 0. The van der Waals surface area contributed by atoms with Crippen molar-refractivity contribution < 1.29 is 26.4 Å². The van der Waals surface area contributed by atoms with E-state index < -0.39 is 38.3 Å². The first-order valence-electron chi connectivity index (χ1n) is 6.38. The lowest BCUT2D eigenvalue weighted by Gasteiger charge is -2.30. The van der Waals surface area contributed by atoms with Crippen LogP contribution in [0.25, 0.3) is 0 Å². The molecule has 1 aliphatic heterocycles. The minimum absolute atomic E-state index is 0.0718. The lowest BCUT2D eigenvalue weighted by atomic mass is 9.96. The van der Waals surface area contributed by atoms with Gasteiger partial charge < -0.3 is 0 Å². The Kier molecular flexibility index (Phi) is 4.38. The van der Waals surface area contributed by atoms with Crippen LogP contribution in [0.3, 0.4) is 0 Å². The van der Waals surface area contributed by atoms with Crippen molar-refractivity contribution in [2.75, 3.05) is 13.1 Å². The summed E-state index contributed by atoms with van der Waals surface area (Å²) in [4.78, 5) is 10.2. The number of Topliss-reactive ketones (excluding diaryl/α,β-unsaturated/α-hetero) is 1. The van der Waals surface area contributed by atoms with Crippen LogP contribution < -0.4 is 0 Å². The Bertz CT molecular complexity index is 652. The van der Waals surface area contributed by atoms with Crippen molar-refractivity contribution >= 4 is 15.8 Å². The van der Waals surface area contributed by atoms with E-state index in [1.165, 1.54) is 6.92 Å². The van der Waals surface area contributed by atoms with Crippen molar-refractivity contribution in [3.8, 4) is 0 Å². The molecule has 8 heteroatoms. The molecule has 1 unspecified atom stereocenters. The Balaban J connectivity index is 2.41. The number of nitrogens with zero attached hydrogens (tertiary/aromatic N) is 1. The molecular weight excluding hydrogens is 307 g/mol. The Morgan fingerprint density at radius 1 is 1.24 bits per heavy atom. The summed E-state index contributed by atoms with van der Waals surface area (Å²) in [6.07, 6.45) is 0.962. The molecule has 2 rings (SSSR count). The molecule has 0 N–H and O–H groups in total. The molecule has 1 aliphatic rings. The van der Waals surface area contributed by atoms with Crippen LogP contribution in [0.5, 0.6) is 0 Å². The Labute approximate surface area is 120 Å². The number of rotatable bonds is 3. The number of carbonyl (C=O) groups is 1. The standard InChI is InChI=1S/C13H14F3NO3S/c1-8(18)9-3-2-4-17(7-9)21(19,20)13-11(15)5-10(14)6-12(13)16/h5-6,9H,2-4,7H2,1H3. The molecule has 1 aromatic carbocycles. The van der Waals surface area contributed by atoms with Gasteiger partial charge in [0.2, 0.25) is 10.0 Å². The maximum absolute atomic E-state index is 13.7. The Morgan fingerprint density at radius 2 is 1.81 bits per heavy atom. The van der Waals surface area contributed by atoms with E-state index in [4.69, 9.17) is 0 Å². The number of ketones is 1. The van der Waals surface area contributed by atoms with Crippen LogP contribution in [0.2, 0.25) is 0 Å². The van der Waals surface area contributed by atoms with Gasteiger partial charge in [-0.25, -0.2) is 21.6 Å². The van der Waals surface area contributed by atoms with Crippen LogP contribution in [0.4, 0.5) is 13.2 Å². The van der Waals surface area contributed by atoms with Crippen LogP contribution in [0, 0.1) is 23.4 Å². The maximum atomic E-state index is 13.7. The number of sulfonamides is 1. The average molecular weight is 321 g/mol. The van der Waals surface area contributed by atoms with Crippen LogP contribution in [-0.2, 0) is 14.8 Å². The molecule has 0 saturated carbocycles. The second kappa shape index (κ2) is 5.76. The smallest absolute Gasteiger partial charge is 0.248 e. The molecule has 1 fully saturated rings. The molecule has 0 aromatic heterocycles. The molecule has 116 valence electrons. The number of piperidine rings is 1. The van der Waals surface area contributed by atoms with Gasteiger partial charge in [-0.1, -0.05) is 0 Å². The van der Waals surface area contributed by atoms with Gasteiger partial charge in [0, 0.05) is 31.1 Å². The van der Waals surface area contributed by atoms with Crippen molar-refractivity contribution in [2.24, 2.45) is 5.92 Å². The van der Waals surface area contributed by atoms with Gasteiger partial charge in [-0.2, -0.15) is 4.31 Å². The minimum atomic E-state index is -4.44. The van der Waals surface area contributed by atoms with Gasteiger partial charge in [-0.05, 0) is 19.8 Å². The number of hydrogen-bond donors (Lipinski definition) is 0. The molecule has 1 aromatic rings. The Morgan fingerprint density at radius 3 is 2.33 bits per heavy atom. The van der Waals surface area contributed by atoms with E-state index >= 15 is 0 Å². The van der Waals surface area contributed by atoms with Crippen LogP contribution >= 0.6 is 0 Å². The molecule has 4 nitrogen and oxygen atoms in total. The van der Waals surface area contributed by atoms with E-state index in [1.807, 2.05) is 0 Å². The first kappa shape index (κ1) is 16.0. The topological polar surface area (TPSA) is 54.5 Å². The highest BCUT2D eigenvalue weighted by molar-refractivity contribution is 7.89. The first-order chi connectivity index (χ1) is 9.73. The quantitative estimate of drug-likeness (QED) is 0.857. The normalized spacial score (nSPS) is 20.5. The molecule has 0 spiro atoms. The van der Waals surface area contributed by atoms with Gasteiger partial charge in [0.15, 0.2) is 4.90 Å². The number of carbonyl (C=O) groups excluding carboxylic acids is 1. The van der Waals surface area contributed by atoms with Crippen LogP contribution in [0.1, 0.15) is 19.8 Å². The lowest BCUT2D eigenvalue weighted by molar-refractivity contribution is -0.121. The summed E-state index contributed by atoms with van der Waals surface area (Å²) in [6.45, 7) is 1.30. The second-order valence-corrected chi connectivity index (χ2v) is 6.89. The van der Waals surface area contributed by atoms with Gasteiger partial charge in [0.05, 0.1) is 0 Å². The van der Waals surface area contributed by atoms with Gasteiger partial charge in [0.1, 0.15) is 23.2 Å². The minimum Gasteiger partial charge on any atom is -0.300 e. The van der Waals surface area contributed by atoms with Crippen LogP contribution in [0.15, 0.2) is 17.0 Å². The number of halogens is 3. The summed E-state index contributed by atoms with van der Waals surface area (Å²) in [6, 6.07) is 0.644. The zero-order valence-electron chi connectivity index (χ0n) is 11.3. The lowest BCUT2D eigenvalue weighted by Crippen LogP contribution is -2.42. The van der Waals surface area contributed by atoms with E-state index in [1.54, 1.807) is 0 Å². The molecule has 21 heavy (non-hydrogen) atoms. The van der Waals surface area contributed by atoms with E-state index in [-0.39, 0.29) is 18.9 Å². The van der Waals surface area contributed by atoms with Crippen LogP contribution in [-0.4, -0.2) is 31.6 Å². The van der Waals surface area contributed by atoms with Gasteiger partial charge in [0.25, 0.3) is 0 Å². The fourth-order valence-corrected chi connectivity index (χ4v) is 4.01. The fraction of sp³-hybridized carbons (Fsp3) is 0.462. The van der Waals surface area contributed by atoms with E-state index in [0.29, 0.717) is 25.0 Å². The summed E-state index contributed by atoms with van der Waals surface area (Å²) in [5.74, 6) is -4.80. The monoisotopic (exact) mass is 321 g/mol. The molecule has 0 aliphatic carbocycles. The highest BCUT2D eigenvalue weighted by Gasteiger charge is 2.35. The predicted octanol–water partition coefficient (Wildman–Crippen LogP) is 2.09. The summed E-state index contributed by atoms with van der Waals surface area (Å²) < 4.78 is 65.7. The zero-order valence-corrected chi connectivity index (χ0v) is 12.1. The highest BCUT2D eigenvalue weighted by atomic mass is 32.2. The number of benzene rings is 1. The first-order valence-corrected chi connectivity index (χ1v) is 7.82. The second-order valence-electron chi connectivity index (χ2n) is 5.01. The third-order valence-electron chi connectivity index (χ3n) is 3.52. The molecular formula is C13H14F3NO3S. The zero-order chi connectivity index (χ0) is 15.8. The molecule has 1 saturated heterocycles. The van der Waals surface area contributed by atoms with Crippen molar-refractivity contribution in [3.63, 3.8) is 0 Å². The summed E-state index contributed by atoms with van der Waals surface area (Å²) in [5, 5.41) is 0. The van der Waals surface area contributed by atoms with E-state index in [2.05, 4.69) is 0 Å². The molecule has 1 heterocycles. The van der Waals surface area contributed by atoms with E-state index in [0.717, 1.165) is 4.31 Å². The third kappa shape index (κ3) is 3.11. The summed E-state index contributed by atoms with van der Waals surface area (Å²) in [7, 11) is -4.44. The average Bonchev–Trinajstić information content (AvgIpc) is 2.37. The van der Waals surface area contributed by atoms with E-state index in [9.17, 15) is 26.4 Å². The SMILES string of the molecule is CC(=O)C1CCCN(S(=O)(=O)c2c(F)cc(F)cc2F)C1. The molecule has 0 radical (unpaired) electrons. The van der Waals surface area contributed by atoms with Crippen molar-refractivity contribution in [2.45, 2.75) is 24.7 Å². The van der Waals surface area contributed by atoms with Crippen molar-refractivity contribution in [3.05, 3.63) is 29.6 Å². The number of hydrogen-bond acceptors (Lipinski definition) is 3. The van der Waals surface area contributed by atoms with Crippen molar-refractivity contribution in [1.29, 1.82) is 0 Å². The van der Waals surface area contributed by atoms with Crippen molar-refractivity contribution in [1.82, 2.24) is 4.31 Å². The van der Waals surface area contributed by atoms with Gasteiger partial charge in [-0.3, -0.25) is 4.79 Å². The fourth-order valence-electron chi connectivity index (χ4n) is 2.40. The Hall–Kier alpha value is -1.41. The van der Waals surface area contributed by atoms with Gasteiger partial charge in [-0.15, -0.1) is 0 Å². The predicted molar refractivity (Wildman–Crippen MR) is 68.5 cm³/mol. The maximum Gasteiger partial charge on any atom is 0.248 e. The molecule has 1 atom stereocenters. The van der Waals surface area contributed by atoms with Gasteiger partial charge >= 0.3 is 0 Å².